The number of carboxylic acid groups (broad SMARTS) is 1. The summed E-state index contributed by atoms with van der Waals surface area (Å²) in [6, 6.07) is 0. The first-order chi connectivity index (χ1) is 17.5. The van der Waals surface area contributed by atoms with Gasteiger partial charge in [0.1, 0.15) is 0 Å². The summed E-state index contributed by atoms with van der Waals surface area (Å²) in [6.07, 6.45) is 9.00. The molecule has 4 saturated carbocycles. The third-order valence-electron chi connectivity index (χ3n) is 13.7. The SMILES string of the molecule is C[C@H]1[C@H](C)CC[C@]2(C(=O)O)CC[C@]3(C)C(=CC[C@@H]4[C@@]5(C)CC[C@H](O)[C@@](C)(COS(=O)(=O)[O-])[C@@H]5CC[C@]43C)[C@H]12. The number of carboxylic acids is 1. The van der Waals surface area contributed by atoms with Crippen LogP contribution in [-0.4, -0.2) is 41.9 Å². The molecule has 0 spiro atoms. The van der Waals surface area contributed by atoms with Gasteiger partial charge in [-0.1, -0.05) is 53.2 Å². The van der Waals surface area contributed by atoms with Crippen molar-refractivity contribution in [1.82, 2.24) is 0 Å². The van der Waals surface area contributed by atoms with Crippen molar-refractivity contribution >= 4 is 16.4 Å². The van der Waals surface area contributed by atoms with Crippen LogP contribution in [0.2, 0.25) is 0 Å². The van der Waals surface area contributed by atoms with Gasteiger partial charge in [-0.3, -0.25) is 8.98 Å². The van der Waals surface area contributed by atoms with Crippen LogP contribution < -0.4 is 0 Å². The molecule has 0 aromatic heterocycles. The van der Waals surface area contributed by atoms with E-state index in [-0.39, 0.29) is 34.7 Å². The molecule has 0 saturated heterocycles. The van der Waals surface area contributed by atoms with E-state index >= 15 is 0 Å². The lowest BCUT2D eigenvalue weighted by Gasteiger charge is -2.71. The monoisotopic (exact) mass is 551 g/mol. The molecule has 0 aromatic rings. The van der Waals surface area contributed by atoms with Crippen LogP contribution in [0, 0.1) is 56.7 Å². The first-order valence-electron chi connectivity index (χ1n) is 14.7. The standard InChI is InChI=1S/C30H48O7S/c1-18-9-14-30(25(32)33)16-15-28(5)20(24(30)19(18)2)7-8-22-26(3)12-11-23(31)27(4,17-37-38(34,35)36)21(26)10-13-29(22,28)6/h7,18-19,21-24,31H,8-17H2,1-6H3,(H,32,33)(H,34,35,36)/p-1/t18-,19+,21-,22-,23+,24+,26+,27+,28-,29-,30+/m1/s1. The van der Waals surface area contributed by atoms with Crippen molar-refractivity contribution in [2.24, 2.45) is 56.7 Å². The highest BCUT2D eigenvalue weighted by Crippen LogP contribution is 2.75. The zero-order chi connectivity index (χ0) is 28.1. The van der Waals surface area contributed by atoms with Gasteiger partial charge in [-0.15, -0.1) is 0 Å². The van der Waals surface area contributed by atoms with Crippen LogP contribution in [0.15, 0.2) is 11.6 Å². The van der Waals surface area contributed by atoms with Crippen LogP contribution >= 0.6 is 0 Å². The summed E-state index contributed by atoms with van der Waals surface area (Å²) in [4.78, 5) is 12.8. The predicted octanol–water partition coefficient (Wildman–Crippen LogP) is 5.55. The Morgan fingerprint density at radius 1 is 1.03 bits per heavy atom. The van der Waals surface area contributed by atoms with Gasteiger partial charge in [0.2, 0.25) is 10.4 Å². The zero-order valence-electron chi connectivity index (χ0n) is 24.0. The Balaban J connectivity index is 1.57. The molecule has 5 aliphatic rings. The van der Waals surface area contributed by atoms with Gasteiger partial charge in [0.25, 0.3) is 0 Å². The van der Waals surface area contributed by atoms with Crippen LogP contribution in [0.4, 0.5) is 0 Å². The minimum atomic E-state index is -4.86. The Morgan fingerprint density at radius 3 is 2.34 bits per heavy atom. The van der Waals surface area contributed by atoms with Crippen LogP contribution in [0.3, 0.4) is 0 Å². The number of carbonyl (C=O) groups is 1. The minimum absolute atomic E-state index is 0.0208. The summed E-state index contributed by atoms with van der Waals surface area (Å²) >= 11 is 0. The number of aliphatic hydroxyl groups excluding tert-OH is 1. The zero-order valence-corrected chi connectivity index (χ0v) is 24.8. The second-order valence-corrected chi connectivity index (χ2v) is 15.9. The predicted molar refractivity (Wildman–Crippen MR) is 143 cm³/mol. The topological polar surface area (TPSA) is 124 Å². The van der Waals surface area contributed by atoms with E-state index in [9.17, 15) is 28.0 Å². The minimum Gasteiger partial charge on any atom is -0.726 e. The molecule has 0 amide bonds. The molecule has 0 aliphatic heterocycles. The van der Waals surface area contributed by atoms with Crippen LogP contribution in [0.25, 0.3) is 0 Å². The van der Waals surface area contributed by atoms with E-state index in [4.69, 9.17) is 4.18 Å². The third kappa shape index (κ3) is 3.68. The largest absolute Gasteiger partial charge is 0.726 e. The molecule has 5 rings (SSSR count). The highest BCUT2D eigenvalue weighted by atomic mass is 32.3. The molecular weight excluding hydrogens is 504 g/mol. The third-order valence-corrected chi connectivity index (χ3v) is 14.1. The number of hydrogen-bond acceptors (Lipinski definition) is 6. The molecule has 5 aliphatic carbocycles. The molecule has 11 atom stereocenters. The van der Waals surface area contributed by atoms with Gasteiger partial charge in [0.15, 0.2) is 0 Å². The summed E-state index contributed by atoms with van der Waals surface area (Å²) in [7, 11) is -4.86. The van der Waals surface area contributed by atoms with Gasteiger partial charge >= 0.3 is 5.97 Å². The lowest BCUT2D eigenvalue weighted by atomic mass is 9.33. The summed E-state index contributed by atoms with van der Waals surface area (Å²) in [6.45, 7) is 13.3. The van der Waals surface area contributed by atoms with E-state index in [1.807, 2.05) is 6.92 Å². The first kappa shape index (κ1) is 28.6. The fourth-order valence-corrected chi connectivity index (χ4v) is 11.5. The van der Waals surface area contributed by atoms with Crippen LogP contribution in [-0.2, 0) is 19.4 Å². The molecule has 8 heteroatoms. The van der Waals surface area contributed by atoms with Crippen molar-refractivity contribution in [3.05, 3.63) is 11.6 Å². The molecule has 2 N–H and O–H groups in total. The van der Waals surface area contributed by atoms with Gasteiger partial charge < -0.3 is 14.8 Å². The van der Waals surface area contributed by atoms with Crippen molar-refractivity contribution in [3.8, 4) is 0 Å². The molecule has 38 heavy (non-hydrogen) atoms. The fraction of sp³-hybridized carbons (Fsp3) is 0.900. The van der Waals surface area contributed by atoms with E-state index in [1.54, 1.807) is 0 Å². The fourth-order valence-electron chi connectivity index (χ4n) is 11.1. The van der Waals surface area contributed by atoms with Crippen molar-refractivity contribution in [3.63, 3.8) is 0 Å². The average Bonchev–Trinajstić information content (AvgIpc) is 2.82. The number of fused-ring (bicyclic) bond motifs is 7. The number of aliphatic hydroxyl groups is 1. The Bertz CT molecular complexity index is 1130. The lowest BCUT2D eigenvalue weighted by molar-refractivity contribution is -0.215. The molecule has 7 nitrogen and oxygen atoms in total. The number of rotatable bonds is 4. The quantitative estimate of drug-likeness (QED) is 0.267. The maximum Gasteiger partial charge on any atom is 0.310 e. The first-order valence-corrected chi connectivity index (χ1v) is 16.0. The molecule has 216 valence electrons. The molecule has 0 unspecified atom stereocenters. The van der Waals surface area contributed by atoms with E-state index in [1.165, 1.54) is 5.57 Å². The number of aliphatic carboxylic acids is 1. The van der Waals surface area contributed by atoms with Gasteiger partial charge in [-0.2, -0.15) is 0 Å². The summed E-state index contributed by atoms with van der Waals surface area (Å²) in [5, 5.41) is 21.7. The Morgan fingerprint density at radius 2 is 1.71 bits per heavy atom. The number of allylic oxidation sites excluding steroid dienone is 2. The lowest BCUT2D eigenvalue weighted by Crippen LogP contribution is -2.66. The Hall–Kier alpha value is -0.960. The molecule has 0 aromatic carbocycles. The highest BCUT2D eigenvalue weighted by molar-refractivity contribution is 7.80. The van der Waals surface area contributed by atoms with Gasteiger partial charge in [0, 0.05) is 5.41 Å². The summed E-state index contributed by atoms with van der Waals surface area (Å²) in [5.74, 6) is 0.571. The summed E-state index contributed by atoms with van der Waals surface area (Å²) < 4.78 is 38.9. The Kier molecular flexibility index (Phi) is 6.59. The van der Waals surface area contributed by atoms with Crippen LogP contribution in [0.5, 0.6) is 0 Å². The van der Waals surface area contributed by atoms with E-state index < -0.39 is 33.3 Å². The molecule has 0 bridgehead atoms. The van der Waals surface area contributed by atoms with Crippen LogP contribution in [0.1, 0.15) is 99.3 Å². The molecular formula is C30H47O7S-. The average molecular weight is 552 g/mol. The van der Waals surface area contributed by atoms with E-state index in [2.05, 4.69) is 40.7 Å². The molecule has 0 radical (unpaired) electrons. The van der Waals surface area contributed by atoms with Crippen molar-refractivity contribution in [2.75, 3.05) is 6.61 Å². The highest BCUT2D eigenvalue weighted by Gasteiger charge is 2.70. The number of hydrogen-bond donors (Lipinski definition) is 2. The van der Waals surface area contributed by atoms with Crippen molar-refractivity contribution in [2.45, 2.75) is 105 Å². The van der Waals surface area contributed by atoms with Crippen molar-refractivity contribution < 1.29 is 32.2 Å². The van der Waals surface area contributed by atoms with Crippen molar-refractivity contribution in [1.29, 1.82) is 0 Å². The normalized spacial score (nSPS) is 52.6. The van der Waals surface area contributed by atoms with E-state index in [0.717, 1.165) is 44.9 Å². The summed E-state index contributed by atoms with van der Waals surface area (Å²) in [5.41, 5.74) is -0.423. The maximum atomic E-state index is 12.8. The second-order valence-electron chi connectivity index (χ2n) is 14.8. The van der Waals surface area contributed by atoms with Gasteiger partial charge in [-0.05, 0) is 104 Å². The van der Waals surface area contributed by atoms with Gasteiger partial charge in [0.05, 0.1) is 18.1 Å². The molecule has 0 heterocycles. The smallest absolute Gasteiger partial charge is 0.310 e. The van der Waals surface area contributed by atoms with E-state index in [0.29, 0.717) is 30.6 Å². The maximum absolute atomic E-state index is 12.8. The van der Waals surface area contributed by atoms with Gasteiger partial charge in [-0.25, -0.2) is 8.42 Å². The molecule has 4 fully saturated rings. The second kappa shape index (κ2) is 8.77. The Labute approximate surface area is 228 Å².